The highest BCUT2D eigenvalue weighted by Crippen LogP contribution is 2.25. The smallest absolute Gasteiger partial charge is 0.253 e. The molecule has 0 atom stereocenters. The van der Waals surface area contributed by atoms with Gasteiger partial charge in [0.15, 0.2) is 5.82 Å². The van der Waals surface area contributed by atoms with E-state index in [0.717, 1.165) is 22.6 Å². The molecule has 0 saturated heterocycles. The highest BCUT2D eigenvalue weighted by Gasteiger charge is 2.09. The summed E-state index contributed by atoms with van der Waals surface area (Å²) in [6.45, 7) is 4.92. The minimum atomic E-state index is -0.0950. The summed E-state index contributed by atoms with van der Waals surface area (Å²) in [6.07, 6.45) is 1.53. The molecule has 0 aliphatic heterocycles. The lowest BCUT2D eigenvalue weighted by atomic mass is 10.3. The fourth-order valence-corrected chi connectivity index (χ4v) is 2.84. The van der Waals surface area contributed by atoms with Crippen LogP contribution in [0, 0.1) is 6.92 Å². The summed E-state index contributed by atoms with van der Waals surface area (Å²) in [6, 6.07) is 3.51. The van der Waals surface area contributed by atoms with Crippen molar-refractivity contribution in [3.8, 4) is 0 Å². The van der Waals surface area contributed by atoms with Crippen molar-refractivity contribution < 1.29 is 0 Å². The lowest BCUT2D eigenvalue weighted by molar-refractivity contribution is 0.697. The number of aryl methyl sites for hydroxylation is 1. The van der Waals surface area contributed by atoms with E-state index in [1.807, 2.05) is 18.4 Å². The van der Waals surface area contributed by atoms with Crippen LogP contribution < -0.4 is 10.9 Å². The van der Waals surface area contributed by atoms with Gasteiger partial charge < -0.3 is 5.32 Å². The molecule has 6 nitrogen and oxygen atoms in total. The molecule has 0 aliphatic carbocycles. The van der Waals surface area contributed by atoms with Crippen molar-refractivity contribution in [2.45, 2.75) is 20.4 Å². The number of aromatic nitrogens is 4. The Balaban J connectivity index is 2.02. The topological polar surface area (TPSA) is 72.7 Å². The number of nitrogens with zero attached hydrogens (tertiary/aromatic N) is 4. The summed E-state index contributed by atoms with van der Waals surface area (Å²) in [5, 5.41) is 6.24. The number of thiophene rings is 1. The second-order valence-electron chi connectivity index (χ2n) is 4.65. The zero-order valence-corrected chi connectivity index (χ0v) is 12.6. The van der Waals surface area contributed by atoms with Gasteiger partial charge in [-0.1, -0.05) is 0 Å². The van der Waals surface area contributed by atoms with Crippen LogP contribution in [-0.4, -0.2) is 26.1 Å². The monoisotopic (exact) mass is 301 g/mol. The van der Waals surface area contributed by atoms with Crippen molar-refractivity contribution in [2.75, 3.05) is 11.9 Å². The van der Waals surface area contributed by atoms with Crippen LogP contribution in [0.15, 0.2) is 28.6 Å². The summed E-state index contributed by atoms with van der Waals surface area (Å²) >= 11 is 1.56. The molecule has 21 heavy (non-hydrogen) atoms. The van der Waals surface area contributed by atoms with Gasteiger partial charge >= 0.3 is 0 Å². The first-order chi connectivity index (χ1) is 10.2. The quantitative estimate of drug-likeness (QED) is 0.798. The Morgan fingerprint density at radius 2 is 2.24 bits per heavy atom. The van der Waals surface area contributed by atoms with E-state index in [9.17, 15) is 4.79 Å². The van der Waals surface area contributed by atoms with E-state index in [4.69, 9.17) is 0 Å². The van der Waals surface area contributed by atoms with Crippen molar-refractivity contribution in [3.63, 3.8) is 0 Å². The number of anilines is 1. The van der Waals surface area contributed by atoms with Gasteiger partial charge in [-0.15, -0.1) is 11.3 Å². The highest BCUT2D eigenvalue weighted by molar-refractivity contribution is 7.16. The van der Waals surface area contributed by atoms with Crippen LogP contribution in [0.25, 0.3) is 10.2 Å². The second-order valence-corrected chi connectivity index (χ2v) is 5.55. The van der Waals surface area contributed by atoms with Gasteiger partial charge in [0, 0.05) is 18.3 Å². The molecule has 0 unspecified atom stereocenters. The summed E-state index contributed by atoms with van der Waals surface area (Å²) < 4.78 is 1.51. The number of hydrogen-bond acceptors (Lipinski definition) is 6. The minimum absolute atomic E-state index is 0.0950. The first-order valence-corrected chi connectivity index (χ1v) is 7.56. The molecule has 108 valence electrons. The molecule has 0 saturated carbocycles. The third kappa shape index (κ3) is 2.78. The van der Waals surface area contributed by atoms with E-state index in [1.165, 1.54) is 17.0 Å². The highest BCUT2D eigenvalue weighted by atomic mass is 32.1. The van der Waals surface area contributed by atoms with E-state index < -0.39 is 0 Å². The SMILES string of the molecule is CCNc1nc(Cn2cnc(C)cc2=O)nc2sccc12. The average molecular weight is 301 g/mol. The molecule has 3 heterocycles. The largest absolute Gasteiger partial charge is 0.370 e. The number of rotatable bonds is 4. The Morgan fingerprint density at radius 1 is 1.38 bits per heavy atom. The minimum Gasteiger partial charge on any atom is -0.370 e. The molecule has 3 aromatic rings. The first kappa shape index (κ1) is 13.7. The molecule has 3 aromatic heterocycles. The Hall–Kier alpha value is -2.28. The van der Waals surface area contributed by atoms with Crippen LogP contribution in [0.3, 0.4) is 0 Å². The second kappa shape index (κ2) is 5.61. The Morgan fingerprint density at radius 3 is 3.00 bits per heavy atom. The summed E-state index contributed by atoms with van der Waals surface area (Å²) in [7, 11) is 0. The van der Waals surface area contributed by atoms with Crippen LogP contribution in [0.2, 0.25) is 0 Å². The fourth-order valence-electron chi connectivity index (χ4n) is 2.06. The Labute approximate surface area is 125 Å². The lowest BCUT2D eigenvalue weighted by Gasteiger charge is -2.08. The molecular weight excluding hydrogens is 286 g/mol. The summed E-state index contributed by atoms with van der Waals surface area (Å²) in [4.78, 5) is 26.0. The molecule has 0 radical (unpaired) electrons. The predicted octanol–water partition coefficient (Wildman–Crippen LogP) is 2.04. The number of nitrogens with one attached hydrogen (secondary N) is 1. The van der Waals surface area contributed by atoms with E-state index in [2.05, 4.69) is 20.3 Å². The molecule has 7 heteroatoms. The van der Waals surface area contributed by atoms with Gasteiger partial charge in [0.2, 0.25) is 0 Å². The molecule has 3 rings (SSSR count). The molecule has 0 aromatic carbocycles. The van der Waals surface area contributed by atoms with Crippen molar-refractivity contribution in [3.05, 3.63) is 45.7 Å². The third-order valence-corrected chi connectivity index (χ3v) is 3.85. The molecular formula is C14H15N5OS. The van der Waals surface area contributed by atoms with Gasteiger partial charge in [0.1, 0.15) is 10.6 Å². The summed E-state index contributed by atoms with van der Waals surface area (Å²) in [5.74, 6) is 1.42. The van der Waals surface area contributed by atoms with Gasteiger partial charge in [0.05, 0.1) is 18.3 Å². The van der Waals surface area contributed by atoms with E-state index in [-0.39, 0.29) is 5.56 Å². The Bertz CT molecular complexity index is 839. The fraction of sp³-hybridized carbons (Fsp3) is 0.286. The van der Waals surface area contributed by atoms with Crippen molar-refractivity contribution in [2.24, 2.45) is 0 Å². The zero-order chi connectivity index (χ0) is 14.8. The average Bonchev–Trinajstić information content (AvgIpc) is 2.91. The van der Waals surface area contributed by atoms with Crippen LogP contribution in [0.1, 0.15) is 18.4 Å². The van der Waals surface area contributed by atoms with Gasteiger partial charge in [-0.2, -0.15) is 0 Å². The van der Waals surface area contributed by atoms with Crippen LogP contribution >= 0.6 is 11.3 Å². The molecule has 0 spiro atoms. The maximum atomic E-state index is 11.9. The van der Waals surface area contributed by atoms with Crippen molar-refractivity contribution in [1.82, 2.24) is 19.5 Å². The van der Waals surface area contributed by atoms with Crippen molar-refractivity contribution in [1.29, 1.82) is 0 Å². The first-order valence-electron chi connectivity index (χ1n) is 6.68. The normalized spacial score (nSPS) is 11.0. The standard InChI is InChI=1S/C14H15N5OS/c1-3-15-13-10-4-5-21-14(10)18-11(17-13)7-19-8-16-9(2)6-12(19)20/h4-6,8H,3,7H2,1-2H3,(H,15,17,18). The van der Waals surface area contributed by atoms with Gasteiger partial charge in [-0.3, -0.25) is 9.36 Å². The number of hydrogen-bond donors (Lipinski definition) is 1. The van der Waals surface area contributed by atoms with E-state index >= 15 is 0 Å². The van der Waals surface area contributed by atoms with Gasteiger partial charge in [-0.05, 0) is 25.3 Å². The van der Waals surface area contributed by atoms with Crippen LogP contribution in [0.4, 0.5) is 5.82 Å². The predicted molar refractivity (Wildman–Crippen MR) is 83.9 cm³/mol. The van der Waals surface area contributed by atoms with Crippen molar-refractivity contribution >= 4 is 27.4 Å². The summed E-state index contributed by atoms with van der Waals surface area (Å²) in [5.41, 5.74) is 0.613. The molecule has 0 fully saturated rings. The van der Waals surface area contributed by atoms with Gasteiger partial charge in [-0.25, -0.2) is 15.0 Å². The molecule has 0 amide bonds. The van der Waals surface area contributed by atoms with Gasteiger partial charge in [0.25, 0.3) is 5.56 Å². The van der Waals surface area contributed by atoms with E-state index in [0.29, 0.717) is 18.1 Å². The third-order valence-electron chi connectivity index (χ3n) is 3.04. The maximum Gasteiger partial charge on any atom is 0.253 e. The Kier molecular flexibility index (Phi) is 3.66. The van der Waals surface area contributed by atoms with Crippen LogP contribution in [0.5, 0.6) is 0 Å². The van der Waals surface area contributed by atoms with Crippen LogP contribution in [-0.2, 0) is 6.54 Å². The molecule has 0 bridgehead atoms. The number of fused-ring (bicyclic) bond motifs is 1. The molecule has 0 aliphatic rings. The lowest BCUT2D eigenvalue weighted by Crippen LogP contribution is -2.21. The molecule has 1 N–H and O–H groups in total. The zero-order valence-electron chi connectivity index (χ0n) is 11.8. The van der Waals surface area contributed by atoms with E-state index in [1.54, 1.807) is 18.3 Å². The maximum absolute atomic E-state index is 11.9.